The first-order chi connectivity index (χ1) is 11.3. The van der Waals surface area contributed by atoms with Crippen LogP contribution in [0, 0.1) is 0 Å². The third-order valence-electron chi connectivity index (χ3n) is 4.53. The molecule has 0 unspecified atom stereocenters. The fraction of sp³-hybridized carbons (Fsp3) is 0.0870. The predicted octanol–water partition coefficient (Wildman–Crippen LogP) is 6.45. The average Bonchev–Trinajstić information content (AvgIpc) is 3.07. The number of aryl methyl sites for hydroxylation is 1. The Morgan fingerprint density at radius 1 is 0.750 bits per heavy atom. The van der Waals surface area contributed by atoms with Crippen LogP contribution in [0.1, 0.15) is 12.5 Å². The van der Waals surface area contributed by atoms with Crippen LogP contribution in [0.3, 0.4) is 0 Å². The molecule has 4 aromatic rings. The third kappa shape index (κ3) is 3.19. The van der Waals surface area contributed by atoms with E-state index in [0.29, 0.717) is 0 Å². The van der Waals surface area contributed by atoms with Crippen molar-refractivity contribution in [2.24, 2.45) is 0 Å². The van der Waals surface area contributed by atoms with Gasteiger partial charge in [0, 0.05) is 26.2 Å². The molecule has 0 bridgehead atoms. The molecule has 4 aromatic carbocycles. The number of benzene rings is 3. The molecule has 24 heavy (non-hydrogen) atoms. The van der Waals surface area contributed by atoms with Crippen LogP contribution in [0.2, 0.25) is 0 Å². The van der Waals surface area contributed by atoms with Crippen LogP contribution < -0.4 is 0 Å². The van der Waals surface area contributed by atoms with Gasteiger partial charge in [-0.05, 0) is 17.5 Å². The summed E-state index contributed by atoms with van der Waals surface area (Å²) in [5.74, 6) is 0. The van der Waals surface area contributed by atoms with E-state index in [1.807, 2.05) is 0 Å². The number of fused-ring (bicyclic) bond motifs is 1. The van der Waals surface area contributed by atoms with Crippen molar-refractivity contribution in [3.8, 4) is 22.3 Å². The van der Waals surface area contributed by atoms with E-state index in [4.69, 9.17) is 0 Å². The van der Waals surface area contributed by atoms with Crippen LogP contribution >= 0.6 is 0 Å². The molecule has 0 spiro atoms. The molecule has 0 fully saturated rings. The van der Waals surface area contributed by atoms with Gasteiger partial charge in [0.1, 0.15) is 0 Å². The molecule has 0 atom stereocenters. The first kappa shape index (κ1) is 17.0. The normalized spacial score (nSPS) is 10.5. The van der Waals surface area contributed by atoms with E-state index in [9.17, 15) is 0 Å². The standard InChI is InChI=1S/C23H19.Zr/c1-2-17-11-13-19(14-12-17)22-10-6-9-20-15-21(16-23(20)22)18-7-4-3-5-8-18;/h3-16H,2H2,1H3;/q-1;. The van der Waals surface area contributed by atoms with Crippen molar-refractivity contribution in [3.63, 3.8) is 0 Å². The molecule has 0 N–H and O–H groups in total. The smallest absolute Gasteiger partial charge is 0 e. The van der Waals surface area contributed by atoms with Gasteiger partial charge in [0.2, 0.25) is 0 Å². The summed E-state index contributed by atoms with van der Waals surface area (Å²) < 4.78 is 0. The Hall–Kier alpha value is -1.85. The Labute approximate surface area is 162 Å². The van der Waals surface area contributed by atoms with Gasteiger partial charge in [0.15, 0.2) is 0 Å². The monoisotopic (exact) mass is 385 g/mol. The topological polar surface area (TPSA) is 0 Å². The van der Waals surface area contributed by atoms with Gasteiger partial charge < -0.3 is 0 Å². The maximum absolute atomic E-state index is 2.31. The predicted molar refractivity (Wildman–Crippen MR) is 99.8 cm³/mol. The molecule has 0 heterocycles. The fourth-order valence-corrected chi connectivity index (χ4v) is 3.20. The SMILES string of the molecule is CCc1ccc(-c2cccc3[cH-]c(-c4ccccc4)cc23)cc1.[Zr]. The van der Waals surface area contributed by atoms with Crippen LogP contribution in [-0.2, 0) is 32.6 Å². The zero-order valence-electron chi connectivity index (χ0n) is 13.8. The van der Waals surface area contributed by atoms with Gasteiger partial charge in [-0.3, -0.25) is 0 Å². The van der Waals surface area contributed by atoms with Crippen molar-refractivity contribution >= 4 is 10.8 Å². The Morgan fingerprint density at radius 3 is 2.21 bits per heavy atom. The summed E-state index contributed by atoms with van der Waals surface area (Å²) in [6.45, 7) is 2.19. The van der Waals surface area contributed by atoms with Crippen LogP contribution in [-0.4, -0.2) is 0 Å². The Balaban J connectivity index is 0.00000169. The van der Waals surface area contributed by atoms with Gasteiger partial charge in [-0.15, -0.1) is 34.5 Å². The maximum Gasteiger partial charge on any atom is 0 e. The molecule has 1 heteroatoms. The molecule has 0 aromatic heterocycles. The second-order valence-corrected chi connectivity index (χ2v) is 5.97. The first-order valence-electron chi connectivity index (χ1n) is 8.19. The van der Waals surface area contributed by atoms with Crippen molar-refractivity contribution in [2.45, 2.75) is 13.3 Å². The van der Waals surface area contributed by atoms with Crippen molar-refractivity contribution in [2.75, 3.05) is 0 Å². The molecule has 0 aliphatic heterocycles. The molecule has 0 saturated heterocycles. The molecule has 116 valence electrons. The van der Waals surface area contributed by atoms with E-state index >= 15 is 0 Å². The molecule has 0 aliphatic rings. The van der Waals surface area contributed by atoms with E-state index in [1.54, 1.807) is 0 Å². The summed E-state index contributed by atoms with van der Waals surface area (Å²) in [6.07, 6.45) is 1.08. The van der Waals surface area contributed by atoms with Crippen molar-refractivity contribution < 1.29 is 26.2 Å². The van der Waals surface area contributed by atoms with Crippen LogP contribution in [0.25, 0.3) is 33.0 Å². The third-order valence-corrected chi connectivity index (χ3v) is 4.53. The zero-order chi connectivity index (χ0) is 15.6. The van der Waals surface area contributed by atoms with Crippen LogP contribution in [0.15, 0.2) is 84.9 Å². The Bertz CT molecular complexity index is 931. The minimum atomic E-state index is 0. The van der Waals surface area contributed by atoms with E-state index in [1.165, 1.54) is 38.6 Å². The van der Waals surface area contributed by atoms with Crippen molar-refractivity contribution in [1.29, 1.82) is 0 Å². The summed E-state index contributed by atoms with van der Waals surface area (Å²) in [6, 6.07) is 30.7. The van der Waals surface area contributed by atoms with Gasteiger partial charge in [-0.2, -0.15) is 0 Å². The summed E-state index contributed by atoms with van der Waals surface area (Å²) in [5.41, 5.74) is 6.55. The van der Waals surface area contributed by atoms with E-state index in [2.05, 4.69) is 91.9 Å². The molecular formula is C23H19Zr-. The van der Waals surface area contributed by atoms with Crippen LogP contribution in [0.4, 0.5) is 0 Å². The van der Waals surface area contributed by atoms with Crippen molar-refractivity contribution in [3.05, 3.63) is 90.5 Å². The van der Waals surface area contributed by atoms with Gasteiger partial charge in [-0.25, -0.2) is 0 Å². The van der Waals surface area contributed by atoms with Gasteiger partial charge in [0.05, 0.1) is 0 Å². The van der Waals surface area contributed by atoms with Gasteiger partial charge in [-0.1, -0.05) is 84.8 Å². The van der Waals surface area contributed by atoms with Crippen LogP contribution in [0.5, 0.6) is 0 Å². The maximum atomic E-state index is 2.31. The summed E-state index contributed by atoms with van der Waals surface area (Å²) in [7, 11) is 0. The van der Waals surface area contributed by atoms with Crippen molar-refractivity contribution in [1.82, 2.24) is 0 Å². The quantitative estimate of drug-likeness (QED) is 0.355. The molecular weight excluding hydrogens is 367 g/mol. The summed E-state index contributed by atoms with van der Waals surface area (Å²) >= 11 is 0. The molecule has 0 amide bonds. The van der Waals surface area contributed by atoms with Gasteiger partial charge >= 0.3 is 0 Å². The number of hydrogen-bond acceptors (Lipinski definition) is 0. The van der Waals surface area contributed by atoms with E-state index < -0.39 is 0 Å². The Morgan fingerprint density at radius 2 is 1.50 bits per heavy atom. The van der Waals surface area contributed by atoms with Gasteiger partial charge in [0.25, 0.3) is 0 Å². The second kappa shape index (κ2) is 7.37. The zero-order valence-corrected chi connectivity index (χ0v) is 16.2. The minimum absolute atomic E-state index is 0. The molecule has 0 aliphatic carbocycles. The minimum Gasteiger partial charge on any atom is -0.144 e. The summed E-state index contributed by atoms with van der Waals surface area (Å²) in [5, 5.41) is 2.64. The fourth-order valence-electron chi connectivity index (χ4n) is 3.20. The molecule has 0 nitrogen and oxygen atoms in total. The average molecular weight is 387 g/mol. The van der Waals surface area contributed by atoms with E-state index in [-0.39, 0.29) is 26.2 Å². The van der Waals surface area contributed by atoms with E-state index in [0.717, 1.165) is 6.42 Å². The Kier molecular flexibility index (Phi) is 5.21. The first-order valence-corrected chi connectivity index (χ1v) is 8.19. The molecule has 0 saturated carbocycles. The second-order valence-electron chi connectivity index (χ2n) is 5.97. The molecule has 0 radical (unpaired) electrons. The summed E-state index contributed by atoms with van der Waals surface area (Å²) in [4.78, 5) is 0. The number of hydrogen-bond donors (Lipinski definition) is 0. The number of rotatable bonds is 3. The largest absolute Gasteiger partial charge is 0.144 e. The molecule has 4 rings (SSSR count).